The zero-order valence-corrected chi connectivity index (χ0v) is 13.1. The zero-order chi connectivity index (χ0) is 15.1. The molecule has 6 heteroatoms. The molecule has 1 N–H and O–H groups in total. The topological polar surface area (TPSA) is 37.4 Å². The van der Waals surface area contributed by atoms with Crippen LogP contribution in [0.5, 0.6) is 0 Å². The second-order valence-electron chi connectivity index (χ2n) is 4.78. The van der Waals surface area contributed by atoms with Gasteiger partial charge in [0.05, 0.1) is 24.4 Å². The van der Waals surface area contributed by atoms with Gasteiger partial charge in [-0.05, 0) is 23.8 Å². The van der Waals surface area contributed by atoms with Gasteiger partial charge in [-0.3, -0.25) is 0 Å². The molecule has 1 aromatic heterocycles. The van der Waals surface area contributed by atoms with Crippen molar-refractivity contribution in [1.82, 2.24) is 10.3 Å². The molecular weight excluding hydrogens is 289 g/mol. The van der Waals surface area contributed by atoms with E-state index in [0.717, 1.165) is 23.5 Å². The lowest BCUT2D eigenvalue weighted by Gasteiger charge is -2.22. The van der Waals surface area contributed by atoms with Gasteiger partial charge in [-0.15, -0.1) is 11.3 Å². The van der Waals surface area contributed by atoms with Crippen LogP contribution in [0.25, 0.3) is 0 Å². The van der Waals surface area contributed by atoms with Gasteiger partial charge < -0.3 is 15.0 Å². The van der Waals surface area contributed by atoms with Crippen molar-refractivity contribution in [3.63, 3.8) is 0 Å². The Morgan fingerprint density at radius 1 is 1.43 bits per heavy atom. The summed E-state index contributed by atoms with van der Waals surface area (Å²) in [6, 6.07) is 4.88. The normalized spacial score (nSPS) is 10.8. The third-order valence-electron chi connectivity index (χ3n) is 3.13. The van der Waals surface area contributed by atoms with E-state index in [1.165, 1.54) is 6.07 Å². The fraction of sp³-hybridized carbons (Fsp3) is 0.400. The largest absolute Gasteiger partial charge is 0.383 e. The van der Waals surface area contributed by atoms with E-state index in [1.807, 2.05) is 24.0 Å². The van der Waals surface area contributed by atoms with E-state index in [2.05, 4.69) is 15.2 Å². The molecule has 2 aromatic rings. The van der Waals surface area contributed by atoms with Crippen molar-refractivity contribution in [3.05, 3.63) is 46.2 Å². The summed E-state index contributed by atoms with van der Waals surface area (Å²) in [5, 5.41) is 5.28. The van der Waals surface area contributed by atoms with Gasteiger partial charge in [-0.1, -0.05) is 0 Å². The van der Waals surface area contributed by atoms with Crippen molar-refractivity contribution < 1.29 is 9.13 Å². The number of halogens is 1. The summed E-state index contributed by atoms with van der Waals surface area (Å²) in [5.41, 5.74) is 4.78. The van der Waals surface area contributed by atoms with Crippen molar-refractivity contribution in [3.8, 4) is 0 Å². The SMILES string of the molecule is COCCNCc1cc(F)ccc1N(C)Cc1cscn1. The standard InChI is InChI=1S/C15H20FN3OS/c1-19(9-14-10-21-11-18-14)15-4-3-13(16)7-12(15)8-17-5-6-20-2/h3-4,7,10-11,17H,5-6,8-9H2,1-2H3. The van der Waals surface area contributed by atoms with E-state index in [-0.39, 0.29) is 5.82 Å². The van der Waals surface area contributed by atoms with Crippen molar-refractivity contribution in [2.45, 2.75) is 13.1 Å². The first kappa shape index (κ1) is 15.9. The van der Waals surface area contributed by atoms with Gasteiger partial charge in [0.1, 0.15) is 5.82 Å². The Morgan fingerprint density at radius 3 is 3.00 bits per heavy atom. The molecule has 0 aliphatic rings. The molecule has 0 aliphatic heterocycles. The molecule has 0 radical (unpaired) electrons. The van der Waals surface area contributed by atoms with Crippen LogP contribution in [-0.2, 0) is 17.8 Å². The molecule has 1 aromatic carbocycles. The van der Waals surface area contributed by atoms with Crippen LogP contribution in [0.2, 0.25) is 0 Å². The van der Waals surface area contributed by atoms with Crippen LogP contribution in [-0.4, -0.2) is 32.3 Å². The van der Waals surface area contributed by atoms with Gasteiger partial charge in [0.25, 0.3) is 0 Å². The predicted octanol–water partition coefficient (Wildman–Crippen LogP) is 2.65. The first-order valence-electron chi connectivity index (χ1n) is 6.77. The molecule has 0 bridgehead atoms. The Kier molecular flexibility index (Phi) is 6.10. The minimum atomic E-state index is -0.218. The number of rotatable bonds is 8. The van der Waals surface area contributed by atoms with Crippen LogP contribution in [0.1, 0.15) is 11.3 Å². The highest BCUT2D eigenvalue weighted by Crippen LogP contribution is 2.22. The van der Waals surface area contributed by atoms with Crippen molar-refractivity contribution in [1.29, 1.82) is 0 Å². The van der Waals surface area contributed by atoms with Crippen LogP contribution in [0.3, 0.4) is 0 Å². The lowest BCUT2D eigenvalue weighted by Crippen LogP contribution is -2.23. The number of methoxy groups -OCH3 is 1. The maximum Gasteiger partial charge on any atom is 0.123 e. The summed E-state index contributed by atoms with van der Waals surface area (Å²) in [4.78, 5) is 6.37. The number of thiazole rings is 1. The maximum absolute atomic E-state index is 13.5. The molecule has 0 fully saturated rings. The molecule has 0 saturated heterocycles. The van der Waals surface area contributed by atoms with Gasteiger partial charge in [-0.25, -0.2) is 9.37 Å². The number of hydrogen-bond acceptors (Lipinski definition) is 5. The quantitative estimate of drug-likeness (QED) is 0.761. The summed E-state index contributed by atoms with van der Waals surface area (Å²) in [5.74, 6) is -0.218. The molecule has 21 heavy (non-hydrogen) atoms. The van der Waals surface area contributed by atoms with Crippen molar-refractivity contribution in [2.75, 3.05) is 32.2 Å². The highest BCUT2D eigenvalue weighted by Gasteiger charge is 2.10. The Balaban J connectivity index is 2.06. The molecule has 1 heterocycles. The zero-order valence-electron chi connectivity index (χ0n) is 12.3. The molecule has 4 nitrogen and oxygen atoms in total. The van der Waals surface area contributed by atoms with Gasteiger partial charge in [0.2, 0.25) is 0 Å². The first-order valence-corrected chi connectivity index (χ1v) is 7.71. The monoisotopic (exact) mass is 309 g/mol. The molecule has 0 spiro atoms. The molecule has 114 valence electrons. The summed E-state index contributed by atoms with van der Waals surface area (Å²) in [6.07, 6.45) is 0. The Morgan fingerprint density at radius 2 is 2.29 bits per heavy atom. The summed E-state index contributed by atoms with van der Waals surface area (Å²) in [6.45, 7) is 2.69. The number of anilines is 1. The van der Waals surface area contributed by atoms with Gasteiger partial charge in [0, 0.05) is 38.3 Å². The number of nitrogens with one attached hydrogen (secondary N) is 1. The summed E-state index contributed by atoms with van der Waals surface area (Å²) in [7, 11) is 3.65. The van der Waals surface area contributed by atoms with Crippen LogP contribution >= 0.6 is 11.3 Å². The van der Waals surface area contributed by atoms with Gasteiger partial charge in [0.15, 0.2) is 0 Å². The predicted molar refractivity (Wildman–Crippen MR) is 84.2 cm³/mol. The fourth-order valence-corrected chi connectivity index (χ4v) is 2.66. The van der Waals surface area contributed by atoms with Crippen LogP contribution in [0, 0.1) is 5.82 Å². The number of benzene rings is 1. The molecular formula is C15H20FN3OS. The number of ether oxygens (including phenoxy) is 1. The van der Waals surface area contributed by atoms with Crippen LogP contribution in [0.4, 0.5) is 10.1 Å². The molecule has 0 amide bonds. The molecule has 0 unspecified atom stereocenters. The number of hydrogen-bond donors (Lipinski definition) is 1. The van der Waals surface area contributed by atoms with Crippen molar-refractivity contribution in [2.24, 2.45) is 0 Å². The van der Waals surface area contributed by atoms with E-state index >= 15 is 0 Å². The first-order chi connectivity index (χ1) is 10.2. The third-order valence-corrected chi connectivity index (χ3v) is 3.77. The average Bonchev–Trinajstić information content (AvgIpc) is 2.96. The van der Waals surface area contributed by atoms with E-state index in [9.17, 15) is 4.39 Å². The Bertz CT molecular complexity index is 548. The van der Waals surface area contributed by atoms with Crippen molar-refractivity contribution >= 4 is 17.0 Å². The Labute approximate surface area is 128 Å². The van der Waals surface area contributed by atoms with Crippen LogP contribution < -0.4 is 10.2 Å². The maximum atomic E-state index is 13.5. The van der Waals surface area contributed by atoms with E-state index in [4.69, 9.17) is 4.74 Å². The molecule has 0 aliphatic carbocycles. The molecule has 0 atom stereocenters. The van der Waals surface area contributed by atoms with Gasteiger partial charge in [-0.2, -0.15) is 0 Å². The number of nitrogens with zero attached hydrogens (tertiary/aromatic N) is 2. The Hall–Kier alpha value is -1.50. The second kappa shape index (κ2) is 8.07. The summed E-state index contributed by atoms with van der Waals surface area (Å²) < 4.78 is 18.5. The lowest BCUT2D eigenvalue weighted by molar-refractivity contribution is 0.199. The minimum absolute atomic E-state index is 0.218. The highest BCUT2D eigenvalue weighted by molar-refractivity contribution is 7.07. The molecule has 0 saturated carbocycles. The van der Waals surface area contributed by atoms with E-state index in [1.54, 1.807) is 24.5 Å². The smallest absolute Gasteiger partial charge is 0.123 e. The third kappa shape index (κ3) is 4.77. The highest BCUT2D eigenvalue weighted by atomic mass is 32.1. The second-order valence-corrected chi connectivity index (χ2v) is 5.50. The average molecular weight is 309 g/mol. The van der Waals surface area contributed by atoms with Gasteiger partial charge >= 0.3 is 0 Å². The fourth-order valence-electron chi connectivity index (χ4n) is 2.11. The molecule has 2 rings (SSSR count). The summed E-state index contributed by atoms with van der Waals surface area (Å²) >= 11 is 1.58. The minimum Gasteiger partial charge on any atom is -0.383 e. The number of aromatic nitrogens is 1. The van der Waals surface area contributed by atoms with Crippen LogP contribution in [0.15, 0.2) is 29.1 Å². The van der Waals surface area contributed by atoms with E-state index < -0.39 is 0 Å². The van der Waals surface area contributed by atoms with E-state index in [0.29, 0.717) is 19.7 Å². The lowest BCUT2D eigenvalue weighted by atomic mass is 10.1.